The number of aryl methyl sites for hydroxylation is 1. The third-order valence-corrected chi connectivity index (χ3v) is 3.95. The van der Waals surface area contributed by atoms with Crippen LogP contribution in [-0.2, 0) is 12.7 Å². The van der Waals surface area contributed by atoms with Gasteiger partial charge >= 0.3 is 6.18 Å². The predicted octanol–water partition coefficient (Wildman–Crippen LogP) is 5.06. The van der Waals surface area contributed by atoms with Crippen LogP contribution in [0, 0.1) is 6.92 Å². The number of hydrogen-bond acceptors (Lipinski definition) is 3. The van der Waals surface area contributed by atoms with Gasteiger partial charge in [0.2, 0.25) is 0 Å². The Labute approximate surface area is 147 Å². The molecule has 130 valence electrons. The van der Waals surface area contributed by atoms with Gasteiger partial charge in [0, 0.05) is 30.1 Å². The van der Waals surface area contributed by atoms with Crippen LogP contribution in [0.3, 0.4) is 0 Å². The highest BCUT2D eigenvalue weighted by Gasteiger charge is 2.30. The molecular formula is C17H14ClF3N4. The molecule has 2 heterocycles. The average molecular weight is 367 g/mol. The first-order valence-corrected chi connectivity index (χ1v) is 7.78. The monoisotopic (exact) mass is 366 g/mol. The van der Waals surface area contributed by atoms with Gasteiger partial charge in [-0.2, -0.15) is 18.3 Å². The molecule has 2 aromatic heterocycles. The largest absolute Gasteiger partial charge is 0.416 e. The zero-order valence-corrected chi connectivity index (χ0v) is 13.9. The number of halogens is 4. The molecule has 0 saturated carbocycles. The fourth-order valence-electron chi connectivity index (χ4n) is 2.38. The van der Waals surface area contributed by atoms with Crippen molar-refractivity contribution in [3.63, 3.8) is 0 Å². The lowest BCUT2D eigenvalue weighted by Gasteiger charge is -2.10. The Morgan fingerprint density at radius 2 is 1.92 bits per heavy atom. The lowest BCUT2D eigenvalue weighted by molar-refractivity contribution is -0.137. The summed E-state index contributed by atoms with van der Waals surface area (Å²) < 4.78 is 38.0. The van der Waals surface area contributed by atoms with E-state index in [9.17, 15) is 13.2 Å². The summed E-state index contributed by atoms with van der Waals surface area (Å²) in [6.45, 7) is 2.30. The highest BCUT2D eigenvalue weighted by atomic mass is 35.5. The van der Waals surface area contributed by atoms with E-state index in [1.54, 1.807) is 12.4 Å². The smallest absolute Gasteiger partial charge is 0.378 e. The van der Waals surface area contributed by atoms with Crippen molar-refractivity contribution < 1.29 is 13.2 Å². The molecule has 1 aromatic carbocycles. The van der Waals surface area contributed by atoms with E-state index in [2.05, 4.69) is 20.5 Å². The van der Waals surface area contributed by atoms with Crippen molar-refractivity contribution in [3.8, 4) is 11.3 Å². The van der Waals surface area contributed by atoms with Gasteiger partial charge in [-0.15, -0.1) is 0 Å². The second-order valence-electron chi connectivity index (χ2n) is 5.54. The molecule has 3 rings (SSSR count). The minimum atomic E-state index is -4.36. The summed E-state index contributed by atoms with van der Waals surface area (Å²) in [7, 11) is 0. The maximum Gasteiger partial charge on any atom is 0.416 e. The summed E-state index contributed by atoms with van der Waals surface area (Å²) in [6, 6.07) is 6.77. The van der Waals surface area contributed by atoms with Crippen molar-refractivity contribution in [1.29, 1.82) is 0 Å². The van der Waals surface area contributed by atoms with Crippen molar-refractivity contribution in [3.05, 3.63) is 64.6 Å². The summed E-state index contributed by atoms with van der Waals surface area (Å²) in [5, 5.41) is 10.4. The molecule has 8 heteroatoms. The summed E-state index contributed by atoms with van der Waals surface area (Å²) in [6.07, 6.45) is -1.00. The molecule has 0 amide bonds. The van der Waals surface area contributed by atoms with Gasteiger partial charge in [0.15, 0.2) is 5.15 Å². The van der Waals surface area contributed by atoms with Crippen molar-refractivity contribution in [2.45, 2.75) is 19.6 Å². The van der Waals surface area contributed by atoms with Crippen LogP contribution in [0.4, 0.5) is 18.9 Å². The van der Waals surface area contributed by atoms with Crippen molar-refractivity contribution in [1.82, 2.24) is 15.2 Å². The lowest BCUT2D eigenvalue weighted by atomic mass is 10.1. The predicted molar refractivity (Wildman–Crippen MR) is 90.3 cm³/mol. The van der Waals surface area contributed by atoms with Gasteiger partial charge in [-0.1, -0.05) is 23.7 Å². The van der Waals surface area contributed by atoms with Crippen LogP contribution in [0.2, 0.25) is 5.15 Å². The summed E-state index contributed by atoms with van der Waals surface area (Å²) in [5.41, 5.74) is 2.93. The van der Waals surface area contributed by atoms with Gasteiger partial charge in [0.1, 0.15) is 0 Å². The number of anilines is 1. The molecule has 0 bridgehead atoms. The van der Waals surface area contributed by atoms with E-state index in [-0.39, 0.29) is 0 Å². The zero-order chi connectivity index (χ0) is 18.0. The molecule has 0 spiro atoms. The maximum atomic E-state index is 12.7. The minimum absolute atomic E-state index is 0.352. The Bertz CT molecular complexity index is 872. The Morgan fingerprint density at radius 1 is 1.20 bits per heavy atom. The Morgan fingerprint density at radius 3 is 2.60 bits per heavy atom. The molecule has 0 aliphatic carbocycles. The summed E-state index contributed by atoms with van der Waals surface area (Å²) >= 11 is 6.05. The summed E-state index contributed by atoms with van der Waals surface area (Å²) in [4.78, 5) is 4.06. The van der Waals surface area contributed by atoms with E-state index in [0.29, 0.717) is 28.6 Å². The quantitative estimate of drug-likeness (QED) is 0.634. The fourth-order valence-corrected chi connectivity index (χ4v) is 2.55. The third-order valence-electron chi connectivity index (χ3n) is 3.65. The molecule has 2 N–H and O–H groups in total. The van der Waals surface area contributed by atoms with Gasteiger partial charge < -0.3 is 5.32 Å². The number of aromatic nitrogens is 3. The van der Waals surface area contributed by atoms with Gasteiger partial charge in [0.05, 0.1) is 16.9 Å². The van der Waals surface area contributed by atoms with E-state index in [4.69, 9.17) is 11.6 Å². The van der Waals surface area contributed by atoms with E-state index in [1.165, 1.54) is 12.1 Å². The van der Waals surface area contributed by atoms with Gasteiger partial charge in [-0.25, -0.2) is 4.98 Å². The van der Waals surface area contributed by atoms with Crippen molar-refractivity contribution in [2.75, 3.05) is 5.32 Å². The SMILES string of the molecule is Cc1cnc(Cl)c(NCc2c[nH]nc2-c2ccc(C(F)(F)F)cc2)c1. The average Bonchev–Trinajstić information content (AvgIpc) is 3.03. The Kier molecular flexibility index (Phi) is 4.67. The zero-order valence-electron chi connectivity index (χ0n) is 13.2. The highest BCUT2D eigenvalue weighted by molar-refractivity contribution is 6.31. The first kappa shape index (κ1) is 17.3. The van der Waals surface area contributed by atoms with Gasteiger partial charge in [0.25, 0.3) is 0 Å². The molecule has 3 aromatic rings. The standard InChI is InChI=1S/C17H14ClF3N4/c1-10-6-14(16(18)23-7-10)22-8-12-9-24-25-15(12)11-2-4-13(5-3-11)17(19,20)21/h2-7,9,22H,8H2,1H3,(H,24,25). The Balaban J connectivity index is 1.80. The van der Waals surface area contributed by atoms with E-state index in [1.807, 2.05) is 13.0 Å². The minimum Gasteiger partial charge on any atom is -0.378 e. The molecule has 0 unspecified atom stereocenters. The normalized spacial score (nSPS) is 11.6. The molecule has 0 atom stereocenters. The second kappa shape index (κ2) is 6.76. The van der Waals surface area contributed by atoms with Crippen LogP contribution in [0.5, 0.6) is 0 Å². The number of pyridine rings is 1. The number of alkyl halides is 3. The number of nitrogens with zero attached hydrogens (tertiary/aromatic N) is 2. The first-order valence-electron chi connectivity index (χ1n) is 7.41. The van der Waals surface area contributed by atoms with E-state index >= 15 is 0 Å². The Hall–Kier alpha value is -2.54. The molecule has 25 heavy (non-hydrogen) atoms. The van der Waals surface area contributed by atoms with Crippen LogP contribution in [-0.4, -0.2) is 15.2 Å². The topological polar surface area (TPSA) is 53.6 Å². The molecule has 4 nitrogen and oxygen atoms in total. The van der Waals surface area contributed by atoms with Crippen LogP contribution in [0.15, 0.2) is 42.7 Å². The number of benzene rings is 1. The molecule has 0 aliphatic heterocycles. The van der Waals surface area contributed by atoms with E-state index in [0.717, 1.165) is 23.3 Å². The molecule has 0 fully saturated rings. The highest BCUT2D eigenvalue weighted by Crippen LogP contribution is 2.31. The molecule has 0 saturated heterocycles. The molecular weight excluding hydrogens is 353 g/mol. The van der Waals surface area contributed by atoms with Crippen LogP contribution >= 0.6 is 11.6 Å². The number of hydrogen-bond donors (Lipinski definition) is 2. The van der Waals surface area contributed by atoms with Crippen LogP contribution in [0.25, 0.3) is 11.3 Å². The number of H-pyrrole nitrogens is 1. The number of aromatic amines is 1. The number of nitrogens with one attached hydrogen (secondary N) is 2. The second-order valence-corrected chi connectivity index (χ2v) is 5.90. The maximum absolute atomic E-state index is 12.7. The molecule has 0 aliphatic rings. The van der Waals surface area contributed by atoms with Gasteiger partial charge in [-0.05, 0) is 30.7 Å². The van der Waals surface area contributed by atoms with E-state index < -0.39 is 11.7 Å². The fraction of sp³-hybridized carbons (Fsp3) is 0.176. The first-order chi connectivity index (χ1) is 11.8. The lowest BCUT2D eigenvalue weighted by Crippen LogP contribution is -2.04. The van der Waals surface area contributed by atoms with Crippen molar-refractivity contribution >= 4 is 17.3 Å². The molecule has 0 radical (unpaired) electrons. The van der Waals surface area contributed by atoms with Gasteiger partial charge in [-0.3, -0.25) is 5.10 Å². The third kappa shape index (κ3) is 3.93. The van der Waals surface area contributed by atoms with Crippen molar-refractivity contribution in [2.24, 2.45) is 0 Å². The van der Waals surface area contributed by atoms with Crippen LogP contribution in [0.1, 0.15) is 16.7 Å². The number of rotatable bonds is 4. The summed E-state index contributed by atoms with van der Waals surface area (Å²) in [5.74, 6) is 0. The van der Waals surface area contributed by atoms with Crippen LogP contribution < -0.4 is 5.32 Å².